The highest BCUT2D eigenvalue weighted by Gasteiger charge is 2.01. The molecule has 0 aliphatic heterocycles. The summed E-state index contributed by atoms with van der Waals surface area (Å²) in [6.45, 7) is 13.6. The maximum absolute atomic E-state index is 5.36. The molecule has 23 heavy (non-hydrogen) atoms. The average molecular weight is 323 g/mol. The van der Waals surface area contributed by atoms with E-state index < -0.39 is 0 Å². The van der Waals surface area contributed by atoms with Crippen LogP contribution in [0.5, 0.6) is 0 Å². The topological polar surface area (TPSA) is 63.5 Å². The fourth-order valence-corrected chi connectivity index (χ4v) is 2.07. The van der Waals surface area contributed by atoms with Gasteiger partial charge in [-0.05, 0) is 32.6 Å². The minimum absolute atomic E-state index is 0.561. The van der Waals surface area contributed by atoms with Gasteiger partial charge in [-0.2, -0.15) is 0 Å². The molecule has 2 N–H and O–H groups in total. The highest BCUT2D eigenvalue weighted by Crippen LogP contribution is 1.96. The van der Waals surface area contributed by atoms with Crippen molar-refractivity contribution in [3.63, 3.8) is 0 Å². The molecule has 0 spiro atoms. The van der Waals surface area contributed by atoms with Crippen LogP contribution >= 0.6 is 0 Å². The van der Waals surface area contributed by atoms with E-state index in [1.807, 2.05) is 26.2 Å². The summed E-state index contributed by atoms with van der Waals surface area (Å²) in [7, 11) is 0. The number of hydrogen-bond acceptors (Lipinski definition) is 3. The predicted molar refractivity (Wildman–Crippen MR) is 95.8 cm³/mol. The Labute approximate surface area is 140 Å². The van der Waals surface area contributed by atoms with Gasteiger partial charge in [-0.25, -0.2) is 4.98 Å². The van der Waals surface area contributed by atoms with E-state index in [1.54, 1.807) is 0 Å². The van der Waals surface area contributed by atoms with Crippen LogP contribution in [0.25, 0.3) is 0 Å². The first-order valence-corrected chi connectivity index (χ1v) is 8.71. The second kappa shape index (κ2) is 11.9. The van der Waals surface area contributed by atoms with Crippen molar-refractivity contribution < 1.29 is 4.74 Å². The predicted octanol–water partition coefficient (Wildman–Crippen LogP) is 2.20. The molecule has 6 heteroatoms. The van der Waals surface area contributed by atoms with E-state index in [2.05, 4.69) is 39.0 Å². The van der Waals surface area contributed by atoms with Gasteiger partial charge >= 0.3 is 0 Å². The molecule has 6 nitrogen and oxygen atoms in total. The number of aryl methyl sites for hydroxylation is 2. The first kappa shape index (κ1) is 19.5. The molecule has 0 unspecified atom stereocenters. The number of hydrogen-bond donors (Lipinski definition) is 2. The van der Waals surface area contributed by atoms with Crippen LogP contribution in [-0.4, -0.2) is 48.4 Å². The van der Waals surface area contributed by atoms with Crippen molar-refractivity contribution in [3.8, 4) is 0 Å². The van der Waals surface area contributed by atoms with Gasteiger partial charge in [0.1, 0.15) is 5.82 Å². The molecule has 1 heterocycles. The average Bonchev–Trinajstić information content (AvgIpc) is 2.93. The van der Waals surface area contributed by atoms with Gasteiger partial charge in [0, 0.05) is 51.8 Å². The quantitative estimate of drug-likeness (QED) is 0.372. The lowest BCUT2D eigenvalue weighted by molar-refractivity contribution is 0.145. The number of nitrogens with one attached hydrogen (secondary N) is 2. The molecular weight excluding hydrogens is 290 g/mol. The van der Waals surface area contributed by atoms with Gasteiger partial charge in [0.15, 0.2) is 5.96 Å². The molecule has 0 bridgehead atoms. The fraction of sp³-hybridized carbons (Fsp3) is 0.765. The minimum atomic E-state index is 0.561. The number of guanidine groups is 1. The zero-order chi connectivity index (χ0) is 16.9. The Bertz CT molecular complexity index is 442. The molecule has 1 rings (SSSR count). The molecule has 0 aliphatic carbocycles. The number of rotatable bonds is 11. The van der Waals surface area contributed by atoms with Crippen LogP contribution in [0.1, 0.15) is 39.4 Å². The Balaban J connectivity index is 2.28. The van der Waals surface area contributed by atoms with Crippen LogP contribution in [0.3, 0.4) is 0 Å². The summed E-state index contributed by atoms with van der Waals surface area (Å²) in [5.41, 5.74) is 0. The zero-order valence-corrected chi connectivity index (χ0v) is 15.1. The minimum Gasteiger partial charge on any atom is -0.382 e. The lowest BCUT2D eigenvalue weighted by Gasteiger charge is -2.14. The zero-order valence-electron chi connectivity index (χ0n) is 15.1. The summed E-state index contributed by atoms with van der Waals surface area (Å²) in [6.07, 6.45) is 5.90. The van der Waals surface area contributed by atoms with Crippen molar-refractivity contribution >= 4 is 5.96 Å². The van der Waals surface area contributed by atoms with Crippen LogP contribution in [0.4, 0.5) is 0 Å². The van der Waals surface area contributed by atoms with E-state index in [0.717, 1.165) is 64.0 Å². The van der Waals surface area contributed by atoms with Gasteiger partial charge < -0.3 is 19.9 Å². The van der Waals surface area contributed by atoms with Crippen molar-refractivity contribution in [2.24, 2.45) is 10.9 Å². The van der Waals surface area contributed by atoms with E-state index in [4.69, 9.17) is 4.74 Å². The Morgan fingerprint density at radius 2 is 2.04 bits per heavy atom. The summed E-state index contributed by atoms with van der Waals surface area (Å²) in [5.74, 6) is 2.52. The molecule has 0 amide bonds. The van der Waals surface area contributed by atoms with Crippen LogP contribution in [-0.2, 0) is 11.3 Å². The van der Waals surface area contributed by atoms with Crippen LogP contribution in [0.2, 0.25) is 0 Å². The number of nitrogens with zero attached hydrogens (tertiary/aromatic N) is 3. The van der Waals surface area contributed by atoms with Gasteiger partial charge in [0.05, 0.1) is 0 Å². The van der Waals surface area contributed by atoms with Crippen molar-refractivity contribution in [2.75, 3.05) is 32.8 Å². The molecule has 132 valence electrons. The molecule has 0 saturated heterocycles. The van der Waals surface area contributed by atoms with E-state index in [-0.39, 0.29) is 0 Å². The van der Waals surface area contributed by atoms with E-state index >= 15 is 0 Å². The highest BCUT2D eigenvalue weighted by molar-refractivity contribution is 5.79. The molecular formula is C17H33N5O. The smallest absolute Gasteiger partial charge is 0.191 e. The molecule has 1 aromatic heterocycles. The third-order valence-electron chi connectivity index (χ3n) is 3.37. The molecule has 0 saturated carbocycles. The second-order valence-corrected chi connectivity index (χ2v) is 6.01. The van der Waals surface area contributed by atoms with Crippen molar-refractivity contribution in [1.82, 2.24) is 20.2 Å². The largest absolute Gasteiger partial charge is 0.382 e. The maximum Gasteiger partial charge on any atom is 0.191 e. The molecule has 0 fully saturated rings. The SMILES string of the molecule is CCOCCCNC(=NCC(C)C)NCCCn1ccnc1C. The van der Waals surface area contributed by atoms with E-state index in [9.17, 15) is 0 Å². The maximum atomic E-state index is 5.36. The monoisotopic (exact) mass is 323 g/mol. The fourth-order valence-electron chi connectivity index (χ4n) is 2.07. The van der Waals surface area contributed by atoms with Crippen molar-refractivity contribution in [2.45, 2.75) is 47.1 Å². The van der Waals surface area contributed by atoms with Gasteiger partial charge in [-0.1, -0.05) is 13.8 Å². The third-order valence-corrected chi connectivity index (χ3v) is 3.37. The van der Waals surface area contributed by atoms with Crippen LogP contribution in [0.15, 0.2) is 17.4 Å². The molecule has 0 radical (unpaired) electrons. The van der Waals surface area contributed by atoms with Crippen molar-refractivity contribution in [3.05, 3.63) is 18.2 Å². The highest BCUT2D eigenvalue weighted by atomic mass is 16.5. The van der Waals surface area contributed by atoms with E-state index in [0.29, 0.717) is 5.92 Å². The number of ether oxygens (including phenoxy) is 1. The number of imidazole rings is 1. The van der Waals surface area contributed by atoms with Crippen LogP contribution in [0, 0.1) is 12.8 Å². The molecule has 0 aliphatic rings. The van der Waals surface area contributed by atoms with E-state index in [1.165, 1.54) is 0 Å². The first-order valence-electron chi connectivity index (χ1n) is 8.71. The van der Waals surface area contributed by atoms with Gasteiger partial charge in [-0.15, -0.1) is 0 Å². The summed E-state index contributed by atoms with van der Waals surface area (Å²) in [5, 5.41) is 6.79. The summed E-state index contributed by atoms with van der Waals surface area (Å²) in [6, 6.07) is 0. The van der Waals surface area contributed by atoms with Gasteiger partial charge in [-0.3, -0.25) is 4.99 Å². The Morgan fingerprint density at radius 1 is 1.30 bits per heavy atom. The summed E-state index contributed by atoms with van der Waals surface area (Å²) in [4.78, 5) is 8.87. The van der Waals surface area contributed by atoms with Crippen molar-refractivity contribution in [1.29, 1.82) is 0 Å². The Kier molecular flexibility index (Phi) is 10.1. The lowest BCUT2D eigenvalue weighted by Crippen LogP contribution is -2.39. The first-order chi connectivity index (χ1) is 11.1. The van der Waals surface area contributed by atoms with Crippen LogP contribution < -0.4 is 10.6 Å². The Morgan fingerprint density at radius 3 is 2.65 bits per heavy atom. The van der Waals surface area contributed by atoms with Gasteiger partial charge in [0.25, 0.3) is 0 Å². The standard InChI is InChI=1S/C17H33N5O/c1-5-23-13-7-9-20-17(21-14-15(2)3)19-8-6-11-22-12-10-18-16(22)4/h10,12,15H,5-9,11,13-14H2,1-4H3,(H2,19,20,21). The second-order valence-electron chi connectivity index (χ2n) is 6.01. The molecule has 0 aromatic carbocycles. The summed E-state index contributed by atoms with van der Waals surface area (Å²) >= 11 is 0. The third kappa shape index (κ3) is 9.23. The molecule has 0 atom stereocenters. The number of aromatic nitrogens is 2. The number of aliphatic imine (C=N–C) groups is 1. The normalized spacial score (nSPS) is 12.0. The molecule has 1 aromatic rings. The summed E-state index contributed by atoms with van der Waals surface area (Å²) < 4.78 is 7.52. The Hall–Kier alpha value is -1.56. The lowest BCUT2D eigenvalue weighted by atomic mass is 10.2. The van der Waals surface area contributed by atoms with Gasteiger partial charge in [0.2, 0.25) is 0 Å².